The van der Waals surface area contributed by atoms with E-state index in [2.05, 4.69) is 21.4 Å². The third-order valence-electron chi connectivity index (χ3n) is 5.60. The molecule has 1 aromatic rings. The van der Waals surface area contributed by atoms with Gasteiger partial charge in [0.2, 0.25) is 0 Å². The van der Waals surface area contributed by atoms with Crippen LogP contribution in [0.25, 0.3) is 0 Å². The number of halogens is 3. The van der Waals surface area contributed by atoms with E-state index in [1.165, 1.54) is 24.3 Å². The fourth-order valence-corrected chi connectivity index (χ4v) is 4.02. The average Bonchev–Trinajstić information content (AvgIpc) is 2.94. The largest absolute Gasteiger partial charge is 0.573 e. The zero-order chi connectivity index (χ0) is 25.0. The van der Waals surface area contributed by atoms with Crippen molar-refractivity contribution in [3.63, 3.8) is 0 Å². The molecule has 0 saturated carbocycles. The zero-order valence-corrected chi connectivity index (χ0v) is 19.9. The molecule has 1 aliphatic heterocycles. The van der Waals surface area contributed by atoms with Crippen molar-refractivity contribution in [1.82, 2.24) is 15.8 Å². The smallest absolute Gasteiger partial charge is 0.406 e. The zero-order valence-electron chi connectivity index (χ0n) is 19.9. The quantitative estimate of drug-likeness (QED) is 0.450. The van der Waals surface area contributed by atoms with Gasteiger partial charge in [0, 0.05) is 19.1 Å². The molecule has 0 radical (unpaired) electrons. The maximum Gasteiger partial charge on any atom is 0.573 e. The Bertz CT molecular complexity index is 850. The van der Waals surface area contributed by atoms with E-state index in [4.69, 9.17) is 4.74 Å². The number of ether oxygens (including phenoxy) is 2. The van der Waals surface area contributed by atoms with Gasteiger partial charge in [-0.15, -0.1) is 13.2 Å². The van der Waals surface area contributed by atoms with Gasteiger partial charge < -0.3 is 14.8 Å². The number of nitriles is 1. The fourth-order valence-electron chi connectivity index (χ4n) is 4.02. The Morgan fingerprint density at radius 3 is 2.39 bits per heavy atom. The van der Waals surface area contributed by atoms with Crippen LogP contribution in [0, 0.1) is 16.6 Å². The van der Waals surface area contributed by atoms with Crippen molar-refractivity contribution in [1.29, 1.82) is 5.26 Å². The molecule has 2 N–H and O–H groups in total. The number of nitrogens with one attached hydrogen (secondary N) is 2. The molecule has 1 amide bonds. The van der Waals surface area contributed by atoms with Crippen molar-refractivity contribution >= 4 is 12.6 Å². The van der Waals surface area contributed by atoms with Crippen LogP contribution in [0.5, 0.6) is 5.75 Å². The van der Waals surface area contributed by atoms with E-state index in [9.17, 15) is 23.2 Å². The monoisotopic (exact) mass is 468 g/mol. The molecule has 0 aromatic heterocycles. The van der Waals surface area contributed by atoms with Gasteiger partial charge in [0.1, 0.15) is 5.75 Å². The lowest BCUT2D eigenvalue weighted by Crippen LogP contribution is -2.56. The van der Waals surface area contributed by atoms with Gasteiger partial charge in [0.25, 0.3) is 5.91 Å². The third kappa shape index (κ3) is 7.91. The summed E-state index contributed by atoms with van der Waals surface area (Å²) in [5, 5.41) is 14.1. The SMILES string of the molecule is CNC(C(=O)NN(Cc1ccc(OC(F)(F)F)cc1)CC1CB(C#N)C(C)(C)O1)C(C)(C)C. The first kappa shape index (κ1) is 27.0. The number of hydrogen-bond acceptors (Lipinski definition) is 6. The molecule has 0 aliphatic carbocycles. The molecule has 1 fully saturated rings. The number of carbonyl (C=O) groups is 1. The fraction of sp³-hybridized carbons (Fsp3) is 0.636. The lowest BCUT2D eigenvalue weighted by atomic mass is 9.40. The van der Waals surface area contributed by atoms with Gasteiger partial charge >= 0.3 is 13.1 Å². The molecule has 7 nitrogen and oxygen atoms in total. The number of hydrazine groups is 1. The van der Waals surface area contributed by atoms with Gasteiger partial charge in [-0.3, -0.25) is 10.2 Å². The molecule has 0 spiro atoms. The Morgan fingerprint density at radius 2 is 1.94 bits per heavy atom. The van der Waals surface area contributed by atoms with Crippen molar-refractivity contribution in [3.05, 3.63) is 29.8 Å². The number of likely N-dealkylation sites (N-methyl/N-ethyl adjacent to an activating group) is 1. The molecule has 33 heavy (non-hydrogen) atoms. The predicted molar refractivity (Wildman–Crippen MR) is 119 cm³/mol. The number of rotatable bonds is 8. The van der Waals surface area contributed by atoms with Crippen molar-refractivity contribution in [2.45, 2.75) is 71.5 Å². The molecule has 1 aromatic carbocycles. The number of amides is 1. The van der Waals surface area contributed by atoms with Crippen molar-refractivity contribution < 1.29 is 27.4 Å². The Balaban J connectivity index is 2.18. The number of nitrogens with zero attached hydrogens (tertiary/aromatic N) is 2. The molecule has 1 heterocycles. The highest BCUT2D eigenvalue weighted by Crippen LogP contribution is 2.30. The minimum Gasteiger partial charge on any atom is -0.406 e. The lowest BCUT2D eigenvalue weighted by molar-refractivity contribution is -0.274. The van der Waals surface area contributed by atoms with E-state index in [0.29, 0.717) is 18.4 Å². The van der Waals surface area contributed by atoms with Gasteiger partial charge in [-0.2, -0.15) is 0 Å². The van der Waals surface area contributed by atoms with Crippen LogP contribution in [0.4, 0.5) is 13.2 Å². The van der Waals surface area contributed by atoms with Crippen LogP contribution in [0.3, 0.4) is 0 Å². The summed E-state index contributed by atoms with van der Waals surface area (Å²) in [7, 11) is 1.71. The van der Waals surface area contributed by atoms with E-state index in [0.717, 1.165) is 0 Å². The van der Waals surface area contributed by atoms with Crippen molar-refractivity contribution in [2.24, 2.45) is 5.41 Å². The van der Waals surface area contributed by atoms with Crippen molar-refractivity contribution in [3.8, 4) is 11.7 Å². The topological polar surface area (TPSA) is 86.6 Å². The van der Waals surface area contributed by atoms with Crippen LogP contribution in [0.15, 0.2) is 24.3 Å². The summed E-state index contributed by atoms with van der Waals surface area (Å²) >= 11 is 0. The second-order valence-electron chi connectivity index (χ2n) is 9.90. The molecule has 2 unspecified atom stereocenters. The van der Waals surface area contributed by atoms with E-state index < -0.39 is 17.9 Å². The second-order valence-corrected chi connectivity index (χ2v) is 9.90. The molecule has 1 saturated heterocycles. The van der Waals surface area contributed by atoms with Crippen LogP contribution in [-0.2, 0) is 16.1 Å². The highest BCUT2D eigenvalue weighted by atomic mass is 19.4. The van der Waals surface area contributed by atoms with E-state index in [-0.39, 0.29) is 36.4 Å². The average molecular weight is 468 g/mol. The first-order chi connectivity index (χ1) is 15.1. The first-order valence-electron chi connectivity index (χ1n) is 10.8. The lowest BCUT2D eigenvalue weighted by Gasteiger charge is -2.33. The van der Waals surface area contributed by atoms with Gasteiger partial charge in [-0.05, 0) is 50.3 Å². The number of alkyl halides is 3. The van der Waals surface area contributed by atoms with Gasteiger partial charge in [-0.1, -0.05) is 32.9 Å². The first-order valence-corrected chi connectivity index (χ1v) is 10.8. The Morgan fingerprint density at radius 1 is 1.33 bits per heavy atom. The molecule has 182 valence electrons. The summed E-state index contributed by atoms with van der Waals surface area (Å²) in [4.78, 5) is 13.0. The van der Waals surface area contributed by atoms with E-state index in [1.807, 2.05) is 34.6 Å². The van der Waals surface area contributed by atoms with Gasteiger partial charge in [-0.25, -0.2) is 10.3 Å². The maximum atomic E-state index is 13.0. The minimum absolute atomic E-state index is 0.232. The molecule has 2 rings (SSSR count). The highest BCUT2D eigenvalue weighted by molar-refractivity contribution is 6.70. The summed E-state index contributed by atoms with van der Waals surface area (Å²) in [5.74, 6) is 1.72. The normalized spacial score (nSPS) is 19.3. The maximum absolute atomic E-state index is 13.0. The van der Waals surface area contributed by atoms with Crippen LogP contribution in [0.2, 0.25) is 6.32 Å². The third-order valence-corrected chi connectivity index (χ3v) is 5.60. The Kier molecular flexibility index (Phi) is 8.44. The number of hydrogen-bond donors (Lipinski definition) is 2. The molecular weight excluding hydrogens is 436 g/mol. The predicted octanol–water partition coefficient (Wildman–Crippen LogP) is 3.33. The van der Waals surface area contributed by atoms with Crippen LogP contribution in [-0.4, -0.2) is 55.2 Å². The van der Waals surface area contributed by atoms with Gasteiger partial charge in [0.05, 0.1) is 17.6 Å². The van der Waals surface area contributed by atoms with E-state index >= 15 is 0 Å². The van der Waals surface area contributed by atoms with Crippen LogP contribution >= 0.6 is 0 Å². The Hall–Kier alpha value is -2.29. The summed E-state index contributed by atoms with van der Waals surface area (Å²) < 4.78 is 47.3. The van der Waals surface area contributed by atoms with Crippen LogP contribution in [0.1, 0.15) is 40.2 Å². The number of carbonyl (C=O) groups excluding carboxylic acids is 1. The summed E-state index contributed by atoms with van der Waals surface area (Å²) in [5.41, 5.74) is 2.64. The highest BCUT2D eigenvalue weighted by Gasteiger charge is 2.46. The van der Waals surface area contributed by atoms with E-state index in [1.54, 1.807) is 12.1 Å². The second kappa shape index (κ2) is 10.3. The summed E-state index contributed by atoms with van der Waals surface area (Å²) in [6.07, 6.45) is -4.54. The minimum atomic E-state index is -4.76. The summed E-state index contributed by atoms with van der Waals surface area (Å²) in [6, 6.07) is 5.01. The molecule has 11 heteroatoms. The summed E-state index contributed by atoms with van der Waals surface area (Å²) in [6.45, 7) is 9.82. The molecular formula is C22H32BF3N4O3. The Labute approximate surface area is 193 Å². The molecule has 0 bridgehead atoms. The van der Waals surface area contributed by atoms with Gasteiger partial charge in [0.15, 0.2) is 0 Å². The van der Waals surface area contributed by atoms with Crippen LogP contribution < -0.4 is 15.5 Å². The standard InChI is InChI=1S/C22H32BF3N4O3/c1-20(2,3)18(28-6)19(31)29-30(13-17-11-23(14-27)21(4,5)32-17)12-15-7-9-16(10-8-15)33-22(24,25)26/h7-10,17-18,28H,11-13H2,1-6H3,(H,29,31). The number of benzene rings is 1. The van der Waals surface area contributed by atoms with Crippen molar-refractivity contribution in [2.75, 3.05) is 13.6 Å². The molecule has 2 atom stereocenters. The molecule has 1 aliphatic rings.